The van der Waals surface area contributed by atoms with Gasteiger partial charge in [-0.1, -0.05) is 6.07 Å². The molecule has 0 spiro atoms. The molecule has 1 aromatic rings. The molecule has 0 aromatic heterocycles. The van der Waals surface area contributed by atoms with E-state index in [2.05, 4.69) is 20.7 Å². The van der Waals surface area contributed by atoms with Gasteiger partial charge in [-0.25, -0.2) is 9.59 Å². The second-order valence-corrected chi connectivity index (χ2v) is 4.78. The second kappa shape index (κ2) is 6.38. The van der Waals surface area contributed by atoms with Crippen LogP contribution in [0.15, 0.2) is 28.4 Å². The van der Waals surface area contributed by atoms with Crippen molar-refractivity contribution in [1.82, 2.24) is 4.90 Å². The van der Waals surface area contributed by atoms with E-state index in [1.54, 1.807) is 37.2 Å². The summed E-state index contributed by atoms with van der Waals surface area (Å²) in [6.07, 6.45) is 0.469. The highest BCUT2D eigenvalue weighted by molar-refractivity contribution is 9.10. The maximum Gasteiger partial charge on any atom is 0.338 e. The lowest BCUT2D eigenvalue weighted by molar-refractivity contribution is 0.0599. The summed E-state index contributed by atoms with van der Waals surface area (Å²) in [6, 6.07) is 5.26. The van der Waals surface area contributed by atoms with Crippen LogP contribution < -0.4 is 0 Å². The summed E-state index contributed by atoms with van der Waals surface area (Å²) >= 11 is 3.32. The predicted molar refractivity (Wildman–Crippen MR) is 72.1 cm³/mol. The molecule has 0 radical (unpaired) electrons. The van der Waals surface area contributed by atoms with Crippen molar-refractivity contribution in [3.63, 3.8) is 0 Å². The Kier molecular flexibility index (Phi) is 5.13. The minimum atomic E-state index is -0.396. The van der Waals surface area contributed by atoms with Gasteiger partial charge in [-0.15, -0.1) is 0 Å². The van der Waals surface area contributed by atoms with Crippen molar-refractivity contribution < 1.29 is 14.3 Å². The zero-order valence-corrected chi connectivity index (χ0v) is 12.1. The highest BCUT2D eigenvalue weighted by Crippen LogP contribution is 2.21. The molecule has 0 aliphatic carbocycles. The zero-order valence-electron chi connectivity index (χ0n) is 10.5. The first-order chi connectivity index (χ1) is 8.49. The summed E-state index contributed by atoms with van der Waals surface area (Å²) in [5.41, 5.74) is 1.93. The van der Waals surface area contributed by atoms with Crippen molar-refractivity contribution in [2.45, 2.75) is 6.42 Å². The van der Waals surface area contributed by atoms with Crippen LogP contribution in [0.5, 0.6) is 0 Å². The number of methoxy groups -OCH3 is 1. The number of benzene rings is 1. The third-order valence-corrected chi connectivity index (χ3v) is 3.12. The average molecular weight is 312 g/mol. The number of ether oxygens (including phenoxy) is 1. The maximum absolute atomic E-state index is 11.4. The van der Waals surface area contributed by atoms with Gasteiger partial charge >= 0.3 is 5.97 Å². The third-order valence-electron chi connectivity index (χ3n) is 2.47. The van der Waals surface area contributed by atoms with Crippen LogP contribution in [0.1, 0.15) is 15.9 Å². The Hall–Kier alpha value is -1.58. The molecule has 0 heterocycles. The van der Waals surface area contributed by atoms with Crippen molar-refractivity contribution in [1.29, 1.82) is 0 Å². The molecular formula is C13H14BrNO3. The van der Waals surface area contributed by atoms with Crippen molar-refractivity contribution in [3.05, 3.63) is 39.5 Å². The van der Waals surface area contributed by atoms with Crippen LogP contribution in [0.3, 0.4) is 0 Å². The van der Waals surface area contributed by atoms with Gasteiger partial charge in [-0.05, 0) is 33.6 Å². The van der Waals surface area contributed by atoms with Gasteiger partial charge < -0.3 is 9.64 Å². The zero-order chi connectivity index (χ0) is 13.7. The first-order valence-electron chi connectivity index (χ1n) is 5.27. The average Bonchev–Trinajstić information content (AvgIpc) is 2.34. The molecule has 0 N–H and O–H groups in total. The quantitative estimate of drug-likeness (QED) is 0.631. The molecule has 0 saturated heterocycles. The van der Waals surface area contributed by atoms with Gasteiger partial charge in [0.2, 0.25) is 0 Å². The molecule has 18 heavy (non-hydrogen) atoms. The van der Waals surface area contributed by atoms with Crippen molar-refractivity contribution in [2.24, 2.45) is 0 Å². The van der Waals surface area contributed by atoms with Gasteiger partial charge in [0.1, 0.15) is 11.6 Å². The molecule has 0 amide bonds. The Bertz CT molecular complexity index is 505. The lowest BCUT2D eigenvalue weighted by Gasteiger charge is -2.13. The van der Waals surface area contributed by atoms with Crippen molar-refractivity contribution >= 4 is 27.8 Å². The normalized spacial score (nSPS) is 9.56. The molecule has 1 aromatic carbocycles. The van der Waals surface area contributed by atoms with Gasteiger partial charge in [0.15, 0.2) is 0 Å². The summed E-state index contributed by atoms with van der Waals surface area (Å²) in [5, 5.41) is 0. The molecule has 0 saturated carbocycles. The van der Waals surface area contributed by atoms with Crippen LogP contribution in [0, 0.1) is 0 Å². The molecule has 0 bridgehead atoms. The van der Waals surface area contributed by atoms with E-state index >= 15 is 0 Å². The lowest BCUT2D eigenvalue weighted by atomic mass is 10.1. The van der Waals surface area contributed by atoms with Crippen molar-refractivity contribution in [3.8, 4) is 0 Å². The largest absolute Gasteiger partial charge is 0.465 e. The standard InChI is InChI=1S/C13H14BrNO3/c1-15(2)10(8-16)6-9-4-5-11(12(14)7-9)13(17)18-3/h4-5,7H,6H2,1-3H3. The number of allylic oxidation sites excluding steroid dienone is 1. The Morgan fingerprint density at radius 2 is 2.11 bits per heavy atom. The SMILES string of the molecule is COC(=O)c1ccc(CC(=C=O)N(C)C)cc1Br. The number of hydrogen-bond donors (Lipinski definition) is 0. The molecule has 96 valence electrons. The summed E-state index contributed by atoms with van der Waals surface area (Å²) in [5.74, 6) is 1.51. The summed E-state index contributed by atoms with van der Waals surface area (Å²) in [7, 11) is 4.91. The van der Waals surface area contributed by atoms with Crippen molar-refractivity contribution in [2.75, 3.05) is 21.2 Å². The summed E-state index contributed by atoms with van der Waals surface area (Å²) in [4.78, 5) is 23.9. The Morgan fingerprint density at radius 3 is 2.56 bits per heavy atom. The smallest absolute Gasteiger partial charge is 0.338 e. The number of carbonyl (C=O) groups is 1. The lowest BCUT2D eigenvalue weighted by Crippen LogP contribution is -2.14. The predicted octanol–water partition coefficient (Wildman–Crippen LogP) is 2.06. The number of esters is 1. The van der Waals surface area contributed by atoms with Crippen LogP contribution in [-0.4, -0.2) is 38.0 Å². The number of halogens is 1. The van der Waals surface area contributed by atoms with Gasteiger partial charge in [-0.3, -0.25) is 0 Å². The van der Waals surface area contributed by atoms with Crippen LogP contribution in [0.2, 0.25) is 0 Å². The molecule has 0 fully saturated rings. The summed E-state index contributed by atoms with van der Waals surface area (Å²) < 4.78 is 5.30. The van der Waals surface area contributed by atoms with Crippen LogP contribution in [0.25, 0.3) is 0 Å². The van der Waals surface area contributed by atoms with E-state index in [4.69, 9.17) is 0 Å². The third kappa shape index (κ3) is 3.45. The number of hydrogen-bond acceptors (Lipinski definition) is 4. The Balaban J connectivity index is 2.98. The fourth-order valence-electron chi connectivity index (χ4n) is 1.42. The van der Waals surface area contributed by atoms with Gasteiger partial charge in [0, 0.05) is 25.0 Å². The van der Waals surface area contributed by atoms with Crippen LogP contribution >= 0.6 is 15.9 Å². The first-order valence-corrected chi connectivity index (χ1v) is 6.07. The summed E-state index contributed by atoms with van der Waals surface area (Å²) in [6.45, 7) is 0. The fraction of sp³-hybridized carbons (Fsp3) is 0.308. The molecule has 1 rings (SSSR count). The van der Waals surface area contributed by atoms with Crippen LogP contribution in [0.4, 0.5) is 0 Å². The minimum Gasteiger partial charge on any atom is -0.465 e. The molecule has 0 unspecified atom stereocenters. The van der Waals surface area contributed by atoms with Gasteiger partial charge in [-0.2, -0.15) is 0 Å². The first kappa shape index (κ1) is 14.5. The van der Waals surface area contributed by atoms with E-state index in [0.717, 1.165) is 5.56 Å². The van der Waals surface area contributed by atoms with E-state index in [0.29, 0.717) is 22.2 Å². The van der Waals surface area contributed by atoms with E-state index in [-0.39, 0.29) is 0 Å². The topological polar surface area (TPSA) is 46.6 Å². The number of carbonyl (C=O) groups excluding carboxylic acids is 2. The van der Waals surface area contributed by atoms with E-state index in [1.165, 1.54) is 7.11 Å². The second-order valence-electron chi connectivity index (χ2n) is 3.93. The Labute approximate surface area is 114 Å². The van der Waals surface area contributed by atoms with Gasteiger partial charge in [0.25, 0.3) is 0 Å². The number of rotatable bonds is 4. The molecule has 4 nitrogen and oxygen atoms in total. The number of likely N-dealkylation sites (N-methyl/N-ethyl adjacent to an activating group) is 1. The molecule has 0 aliphatic heterocycles. The molecular weight excluding hydrogens is 298 g/mol. The molecule has 5 heteroatoms. The minimum absolute atomic E-state index is 0.396. The maximum atomic E-state index is 11.4. The fourth-order valence-corrected chi connectivity index (χ4v) is 2.01. The Morgan fingerprint density at radius 1 is 1.44 bits per heavy atom. The van der Waals surface area contributed by atoms with E-state index in [9.17, 15) is 9.59 Å². The molecule has 0 aliphatic rings. The van der Waals surface area contributed by atoms with E-state index in [1.807, 2.05) is 5.94 Å². The monoisotopic (exact) mass is 311 g/mol. The highest BCUT2D eigenvalue weighted by atomic mass is 79.9. The highest BCUT2D eigenvalue weighted by Gasteiger charge is 2.11. The van der Waals surface area contributed by atoms with Crippen LogP contribution in [-0.2, 0) is 16.0 Å². The molecule has 0 atom stereocenters. The van der Waals surface area contributed by atoms with E-state index < -0.39 is 5.97 Å². The van der Waals surface area contributed by atoms with Gasteiger partial charge in [0.05, 0.1) is 12.7 Å². The number of nitrogens with zero attached hydrogens (tertiary/aromatic N) is 1.